The molecule has 9 N–H and O–H groups in total. The molecule has 39 heavy (non-hydrogen) atoms. The number of nitrogens with one attached hydrogen (secondary N) is 2. The van der Waals surface area contributed by atoms with Crippen molar-refractivity contribution in [2.45, 2.75) is 36.3 Å². The zero-order valence-corrected chi connectivity index (χ0v) is 22.2. The van der Waals surface area contributed by atoms with Crippen LogP contribution in [0.15, 0.2) is 43.0 Å². The summed E-state index contributed by atoms with van der Waals surface area (Å²) in [5.74, 6) is -0.390. The molecule has 17 heteroatoms. The third kappa shape index (κ3) is 7.10. The number of hydrogen-bond acceptors (Lipinski definition) is 11. The van der Waals surface area contributed by atoms with Gasteiger partial charge in [-0.1, -0.05) is 30.3 Å². The highest BCUT2D eigenvalue weighted by Gasteiger charge is 2.49. The lowest BCUT2D eigenvalue weighted by Crippen LogP contribution is -2.56. The van der Waals surface area contributed by atoms with Crippen molar-refractivity contribution in [1.29, 1.82) is 0 Å². The first kappa shape index (κ1) is 28.9. The molecule has 5 atom stereocenters. The number of carbonyl (C=O) groups is 2. The number of amides is 2. The van der Waals surface area contributed by atoms with Crippen LogP contribution in [0.3, 0.4) is 0 Å². The lowest BCUT2D eigenvalue weighted by Gasteiger charge is -2.23. The van der Waals surface area contributed by atoms with Gasteiger partial charge in [0.15, 0.2) is 23.8 Å². The maximum Gasteiger partial charge on any atom is 0.327 e. The number of rotatable bonds is 11. The van der Waals surface area contributed by atoms with E-state index in [4.69, 9.17) is 26.0 Å². The number of aliphatic hydroxyl groups is 1. The first-order chi connectivity index (χ1) is 18.5. The molecule has 1 fully saturated rings. The molecular formula is C22H29N8O7PS. The zero-order chi connectivity index (χ0) is 28.2. The van der Waals surface area contributed by atoms with E-state index in [1.54, 1.807) is 0 Å². The standard InChI is InChI=1S/C22H29N8O7PS/c23-13(9-39-8-12-4-2-1-3-5-12)20(32)29-14-16(31)22(30-11-28-15-18(24)26-10-27-19(15)30)37-17(14)21(33)25-6-7-38(34,35)36/h1-5,10-11,13-14,16-17,22,31H,6-9,23H2,(H,25,33)(H,29,32)(H2,24,26,27)(H2,34,35,36)/t13-,14+,16-,17+,22-/m1/s1. The Hall–Kier alpha value is -3.11. The number of ether oxygens (including phenoxy) is 1. The molecule has 1 aliphatic heterocycles. The summed E-state index contributed by atoms with van der Waals surface area (Å²) in [6, 6.07) is 7.44. The molecular weight excluding hydrogens is 551 g/mol. The summed E-state index contributed by atoms with van der Waals surface area (Å²) in [4.78, 5) is 56.2. The van der Waals surface area contributed by atoms with Gasteiger partial charge in [0, 0.05) is 18.1 Å². The van der Waals surface area contributed by atoms with Crippen molar-refractivity contribution in [2.24, 2.45) is 5.73 Å². The Bertz CT molecular complexity index is 1360. The van der Waals surface area contributed by atoms with Crippen molar-refractivity contribution < 1.29 is 33.8 Å². The Morgan fingerprint density at radius 1 is 1.21 bits per heavy atom. The number of nitrogens with zero attached hydrogens (tertiary/aromatic N) is 4. The normalized spacial score (nSPS) is 22.1. The molecule has 15 nitrogen and oxygen atoms in total. The van der Waals surface area contributed by atoms with E-state index < -0.39 is 56.1 Å². The molecule has 1 saturated heterocycles. The molecule has 3 heterocycles. The quantitative estimate of drug-likeness (QED) is 0.131. The highest BCUT2D eigenvalue weighted by atomic mass is 32.2. The fraction of sp³-hybridized carbons (Fsp3) is 0.409. The molecule has 210 valence electrons. The molecule has 4 rings (SSSR count). The lowest BCUT2D eigenvalue weighted by atomic mass is 10.1. The van der Waals surface area contributed by atoms with E-state index in [1.807, 2.05) is 30.3 Å². The summed E-state index contributed by atoms with van der Waals surface area (Å²) < 4.78 is 18.4. The molecule has 0 spiro atoms. The minimum Gasteiger partial charge on any atom is -0.386 e. The number of thioether (sulfide) groups is 1. The van der Waals surface area contributed by atoms with E-state index in [1.165, 1.54) is 29.0 Å². The highest BCUT2D eigenvalue weighted by Crippen LogP contribution is 2.34. The van der Waals surface area contributed by atoms with E-state index in [2.05, 4.69) is 25.6 Å². The van der Waals surface area contributed by atoms with E-state index in [9.17, 15) is 19.3 Å². The Labute approximate surface area is 226 Å². The van der Waals surface area contributed by atoms with Gasteiger partial charge < -0.3 is 41.7 Å². The topological polar surface area (TPSA) is 241 Å². The van der Waals surface area contributed by atoms with Crippen molar-refractivity contribution in [3.8, 4) is 0 Å². The summed E-state index contributed by atoms with van der Waals surface area (Å²) in [6.07, 6.45) is -2.18. The summed E-state index contributed by atoms with van der Waals surface area (Å²) in [5, 5.41) is 16.1. The number of fused-ring (bicyclic) bond motifs is 1. The fourth-order valence-corrected chi connectivity index (χ4v) is 5.35. The maximum atomic E-state index is 12.9. The van der Waals surface area contributed by atoms with Crippen LogP contribution in [0.2, 0.25) is 0 Å². The van der Waals surface area contributed by atoms with Crippen molar-refractivity contribution >= 4 is 48.2 Å². The van der Waals surface area contributed by atoms with Gasteiger partial charge in [0.1, 0.15) is 17.9 Å². The van der Waals surface area contributed by atoms with Gasteiger partial charge in [-0.05, 0) is 5.56 Å². The molecule has 1 aromatic carbocycles. The molecule has 0 radical (unpaired) electrons. The summed E-state index contributed by atoms with van der Waals surface area (Å²) in [7, 11) is -4.37. The van der Waals surface area contributed by atoms with Gasteiger partial charge in [-0.25, -0.2) is 15.0 Å². The van der Waals surface area contributed by atoms with Crippen LogP contribution < -0.4 is 22.1 Å². The van der Waals surface area contributed by atoms with Crippen molar-refractivity contribution in [3.05, 3.63) is 48.5 Å². The first-order valence-electron chi connectivity index (χ1n) is 11.8. The van der Waals surface area contributed by atoms with E-state index in [0.29, 0.717) is 5.75 Å². The van der Waals surface area contributed by atoms with Crippen LogP contribution in [0.5, 0.6) is 0 Å². The Morgan fingerprint density at radius 2 is 1.95 bits per heavy atom. The molecule has 2 aromatic heterocycles. The van der Waals surface area contributed by atoms with Gasteiger partial charge in [-0.15, -0.1) is 0 Å². The van der Waals surface area contributed by atoms with E-state index in [-0.39, 0.29) is 29.3 Å². The first-order valence-corrected chi connectivity index (χ1v) is 14.8. The van der Waals surface area contributed by atoms with Crippen LogP contribution >= 0.6 is 19.4 Å². The molecule has 0 bridgehead atoms. The second-order valence-corrected chi connectivity index (χ2v) is 11.6. The largest absolute Gasteiger partial charge is 0.386 e. The summed E-state index contributed by atoms with van der Waals surface area (Å²) >= 11 is 1.45. The fourth-order valence-electron chi connectivity index (χ4n) is 3.99. The van der Waals surface area contributed by atoms with Crippen LogP contribution in [-0.4, -0.2) is 89.0 Å². The second kappa shape index (κ2) is 12.4. The van der Waals surface area contributed by atoms with Gasteiger partial charge in [0.05, 0.1) is 24.6 Å². The Kier molecular flexibility index (Phi) is 9.17. The lowest BCUT2D eigenvalue weighted by molar-refractivity contribution is -0.135. The number of aromatic nitrogens is 4. The number of benzene rings is 1. The second-order valence-electron chi connectivity index (χ2n) is 8.84. The monoisotopic (exact) mass is 580 g/mol. The molecule has 1 aliphatic rings. The summed E-state index contributed by atoms with van der Waals surface area (Å²) in [5.41, 5.74) is 13.5. The third-order valence-corrected chi connectivity index (χ3v) is 7.89. The van der Waals surface area contributed by atoms with Gasteiger partial charge in [0.25, 0.3) is 5.91 Å². The number of carbonyl (C=O) groups excluding carboxylic acids is 2. The predicted molar refractivity (Wildman–Crippen MR) is 142 cm³/mol. The van der Waals surface area contributed by atoms with E-state index >= 15 is 0 Å². The van der Waals surface area contributed by atoms with Gasteiger partial charge in [0.2, 0.25) is 5.91 Å². The van der Waals surface area contributed by atoms with Crippen LogP contribution in [0, 0.1) is 0 Å². The number of nitrogen functional groups attached to an aromatic ring is 1. The predicted octanol–water partition coefficient (Wildman–Crippen LogP) is -1.29. The van der Waals surface area contributed by atoms with Crippen molar-refractivity contribution in [1.82, 2.24) is 30.2 Å². The highest BCUT2D eigenvalue weighted by molar-refractivity contribution is 7.98. The van der Waals surface area contributed by atoms with Crippen molar-refractivity contribution in [3.63, 3.8) is 0 Å². The van der Waals surface area contributed by atoms with E-state index in [0.717, 1.165) is 5.56 Å². The van der Waals surface area contributed by atoms with Crippen LogP contribution in [0.1, 0.15) is 11.8 Å². The minimum atomic E-state index is -4.37. The molecule has 3 aromatic rings. The third-order valence-electron chi connectivity index (χ3n) is 5.95. The van der Waals surface area contributed by atoms with Gasteiger partial charge >= 0.3 is 7.60 Å². The molecule has 0 aliphatic carbocycles. The molecule has 0 unspecified atom stereocenters. The number of imidazole rings is 1. The van der Waals surface area contributed by atoms with Gasteiger partial charge in [-0.2, -0.15) is 11.8 Å². The average molecular weight is 581 g/mol. The Balaban J connectivity index is 1.48. The number of nitrogens with two attached hydrogens (primary N) is 2. The van der Waals surface area contributed by atoms with Gasteiger partial charge in [-0.3, -0.25) is 18.7 Å². The maximum absolute atomic E-state index is 12.9. The van der Waals surface area contributed by atoms with Crippen LogP contribution in [0.4, 0.5) is 5.82 Å². The number of hydrogen-bond donors (Lipinski definition) is 7. The molecule has 0 saturated carbocycles. The Morgan fingerprint density at radius 3 is 2.67 bits per heavy atom. The molecule has 2 amide bonds. The SMILES string of the molecule is Nc1ncnc2c1ncn2[C@@H]1O[C@H](C(=O)NCCP(=O)(O)O)[C@@H](NC(=O)[C@H](N)CSCc2ccccc2)[C@H]1O. The average Bonchev–Trinajstić information content (AvgIpc) is 3.46. The smallest absolute Gasteiger partial charge is 0.327 e. The minimum absolute atomic E-state index is 0.0989. The summed E-state index contributed by atoms with van der Waals surface area (Å²) in [6.45, 7) is -0.349. The van der Waals surface area contributed by atoms with Crippen LogP contribution in [-0.2, 0) is 24.6 Å². The number of anilines is 1. The number of aliphatic hydroxyl groups excluding tert-OH is 1. The van der Waals surface area contributed by atoms with Crippen molar-refractivity contribution in [2.75, 3.05) is 24.2 Å². The van der Waals surface area contributed by atoms with Crippen LogP contribution in [0.25, 0.3) is 11.2 Å². The zero-order valence-electron chi connectivity index (χ0n) is 20.5.